The number of thiophene rings is 1. The van der Waals surface area contributed by atoms with E-state index >= 15 is 0 Å². The van der Waals surface area contributed by atoms with Gasteiger partial charge in [0.2, 0.25) is 0 Å². The summed E-state index contributed by atoms with van der Waals surface area (Å²) in [5.74, 6) is 0.0112. The molecule has 0 fully saturated rings. The molecule has 0 saturated heterocycles. The van der Waals surface area contributed by atoms with Gasteiger partial charge in [-0.05, 0) is 45.0 Å². The van der Waals surface area contributed by atoms with Crippen molar-refractivity contribution in [2.24, 2.45) is 0 Å². The normalized spacial score (nSPS) is 13.0. The van der Waals surface area contributed by atoms with Crippen LogP contribution in [0.15, 0.2) is 41.3 Å². The van der Waals surface area contributed by atoms with Crippen molar-refractivity contribution in [3.63, 3.8) is 0 Å². The van der Waals surface area contributed by atoms with Crippen LogP contribution in [0.3, 0.4) is 0 Å². The van der Waals surface area contributed by atoms with E-state index in [4.69, 9.17) is 4.18 Å². The quantitative estimate of drug-likeness (QED) is 0.596. The fraction of sp³-hybridized carbons (Fsp3) is 0.312. The zero-order valence-corrected chi connectivity index (χ0v) is 14.3. The summed E-state index contributed by atoms with van der Waals surface area (Å²) in [7, 11) is -3.77. The molecule has 22 heavy (non-hydrogen) atoms. The van der Waals surface area contributed by atoms with Crippen LogP contribution in [-0.2, 0) is 20.7 Å². The van der Waals surface area contributed by atoms with Gasteiger partial charge >= 0.3 is 0 Å². The van der Waals surface area contributed by atoms with Crippen LogP contribution in [-0.4, -0.2) is 20.3 Å². The van der Waals surface area contributed by atoms with Gasteiger partial charge < -0.3 is 0 Å². The topological polar surface area (TPSA) is 60.4 Å². The number of Topliss-reactive ketones (excluding diaryl/α,β-unsaturated/α-hetero) is 1. The predicted molar refractivity (Wildman–Crippen MR) is 86.9 cm³/mol. The van der Waals surface area contributed by atoms with E-state index in [2.05, 4.69) is 0 Å². The Hall–Kier alpha value is -1.50. The minimum atomic E-state index is -3.77. The first-order valence-corrected chi connectivity index (χ1v) is 9.10. The predicted octanol–water partition coefficient (Wildman–Crippen LogP) is 3.60. The van der Waals surface area contributed by atoms with Crippen molar-refractivity contribution in [2.45, 2.75) is 38.2 Å². The zero-order chi connectivity index (χ0) is 16.3. The van der Waals surface area contributed by atoms with Gasteiger partial charge in [-0.15, -0.1) is 11.3 Å². The van der Waals surface area contributed by atoms with Gasteiger partial charge in [0.15, 0.2) is 5.78 Å². The molecule has 0 spiro atoms. The van der Waals surface area contributed by atoms with Gasteiger partial charge in [0.05, 0.1) is 15.9 Å². The Morgan fingerprint density at radius 2 is 1.82 bits per heavy atom. The van der Waals surface area contributed by atoms with E-state index in [1.165, 1.54) is 30.4 Å². The Labute approximate surface area is 134 Å². The van der Waals surface area contributed by atoms with Crippen LogP contribution < -0.4 is 0 Å². The van der Waals surface area contributed by atoms with E-state index in [-0.39, 0.29) is 10.7 Å². The maximum atomic E-state index is 12.2. The van der Waals surface area contributed by atoms with Gasteiger partial charge in [-0.1, -0.05) is 17.7 Å². The maximum Gasteiger partial charge on any atom is 0.297 e. The van der Waals surface area contributed by atoms with Crippen LogP contribution in [0, 0.1) is 6.92 Å². The van der Waals surface area contributed by atoms with Crippen LogP contribution in [0.2, 0.25) is 0 Å². The molecule has 0 bridgehead atoms. The molecule has 0 aliphatic heterocycles. The average molecular weight is 338 g/mol. The molecule has 118 valence electrons. The smallest absolute Gasteiger partial charge is 0.294 e. The molecule has 0 radical (unpaired) electrons. The molecule has 2 aromatic rings. The Balaban J connectivity index is 2.05. The largest absolute Gasteiger partial charge is 0.297 e. The van der Waals surface area contributed by atoms with Crippen LogP contribution in [0.5, 0.6) is 0 Å². The SMILES string of the molecule is CC(=O)c1ccc(CC(C)OS(=O)(=O)c2ccc(C)cc2)s1. The van der Waals surface area contributed by atoms with Crippen LogP contribution in [0.4, 0.5) is 0 Å². The van der Waals surface area contributed by atoms with Crippen molar-refractivity contribution in [1.29, 1.82) is 0 Å². The number of ketones is 1. The van der Waals surface area contributed by atoms with Crippen molar-refractivity contribution in [2.75, 3.05) is 0 Å². The highest BCUT2D eigenvalue weighted by atomic mass is 32.2. The second kappa shape index (κ2) is 6.73. The monoisotopic (exact) mass is 338 g/mol. The fourth-order valence-electron chi connectivity index (χ4n) is 1.97. The van der Waals surface area contributed by atoms with Gasteiger partial charge in [0.25, 0.3) is 10.1 Å². The average Bonchev–Trinajstić information content (AvgIpc) is 2.87. The third kappa shape index (κ3) is 4.25. The summed E-state index contributed by atoms with van der Waals surface area (Å²) in [6.45, 7) is 5.11. The third-order valence-corrected chi connectivity index (χ3v) is 5.74. The summed E-state index contributed by atoms with van der Waals surface area (Å²) in [6, 6.07) is 10.1. The molecule has 1 heterocycles. The van der Waals surface area contributed by atoms with E-state index < -0.39 is 16.2 Å². The third-order valence-electron chi connectivity index (χ3n) is 3.10. The molecule has 1 atom stereocenters. The lowest BCUT2D eigenvalue weighted by molar-refractivity contribution is 0.102. The van der Waals surface area contributed by atoms with Crippen molar-refractivity contribution in [1.82, 2.24) is 0 Å². The Bertz CT molecular complexity index is 758. The molecule has 0 amide bonds. The minimum absolute atomic E-state index is 0.0112. The van der Waals surface area contributed by atoms with E-state index in [0.717, 1.165) is 10.4 Å². The number of aryl methyl sites for hydroxylation is 1. The van der Waals surface area contributed by atoms with Crippen molar-refractivity contribution in [3.05, 3.63) is 51.7 Å². The molecule has 1 unspecified atom stereocenters. The Kier molecular flexibility index (Phi) is 5.16. The number of carbonyl (C=O) groups is 1. The maximum absolute atomic E-state index is 12.2. The highest BCUT2D eigenvalue weighted by Crippen LogP contribution is 2.21. The summed E-state index contributed by atoms with van der Waals surface area (Å²) in [5.41, 5.74) is 0.988. The minimum Gasteiger partial charge on any atom is -0.294 e. The molecular weight excluding hydrogens is 320 g/mol. The van der Waals surface area contributed by atoms with Gasteiger partial charge in [0, 0.05) is 11.3 Å². The molecule has 1 aromatic carbocycles. The van der Waals surface area contributed by atoms with Crippen molar-refractivity contribution >= 4 is 27.2 Å². The molecule has 4 nitrogen and oxygen atoms in total. The van der Waals surface area contributed by atoms with Crippen LogP contribution >= 0.6 is 11.3 Å². The van der Waals surface area contributed by atoms with Crippen LogP contribution in [0.1, 0.15) is 34.0 Å². The molecule has 6 heteroatoms. The van der Waals surface area contributed by atoms with Crippen LogP contribution in [0.25, 0.3) is 0 Å². The second-order valence-corrected chi connectivity index (χ2v) is 7.94. The summed E-state index contributed by atoms with van der Waals surface area (Å²) >= 11 is 1.37. The van der Waals surface area contributed by atoms with Crippen molar-refractivity contribution < 1.29 is 17.4 Å². The highest BCUT2D eigenvalue weighted by Gasteiger charge is 2.19. The first-order valence-electron chi connectivity index (χ1n) is 6.87. The van der Waals surface area contributed by atoms with Gasteiger partial charge in [-0.2, -0.15) is 8.42 Å². The van der Waals surface area contributed by atoms with E-state index in [1.54, 1.807) is 25.1 Å². The summed E-state index contributed by atoms with van der Waals surface area (Å²) in [6.07, 6.45) is -0.0481. The molecule has 2 rings (SSSR count). The summed E-state index contributed by atoms with van der Waals surface area (Å²) < 4.78 is 29.6. The molecule has 1 aromatic heterocycles. The summed E-state index contributed by atoms with van der Waals surface area (Å²) in [4.78, 5) is 13.0. The lowest BCUT2D eigenvalue weighted by Crippen LogP contribution is -2.17. The fourth-order valence-corrected chi connectivity index (χ4v) is 4.07. The zero-order valence-electron chi connectivity index (χ0n) is 12.7. The molecule has 0 aliphatic carbocycles. The van der Waals surface area contributed by atoms with Gasteiger partial charge in [-0.25, -0.2) is 0 Å². The van der Waals surface area contributed by atoms with E-state index in [0.29, 0.717) is 11.3 Å². The number of rotatable bonds is 6. The molecular formula is C16H18O4S2. The first-order chi connectivity index (χ1) is 10.3. The number of carbonyl (C=O) groups excluding carboxylic acids is 1. The first kappa shape index (κ1) is 16.9. The molecule has 0 aliphatic rings. The number of benzene rings is 1. The Morgan fingerprint density at radius 1 is 1.18 bits per heavy atom. The Morgan fingerprint density at radius 3 is 2.36 bits per heavy atom. The number of hydrogen-bond acceptors (Lipinski definition) is 5. The van der Waals surface area contributed by atoms with Gasteiger partial charge in [-0.3, -0.25) is 8.98 Å². The number of hydrogen-bond donors (Lipinski definition) is 0. The standard InChI is InChI=1S/C16H18O4S2/c1-11-4-7-15(8-5-11)22(18,19)20-12(2)10-14-6-9-16(21-14)13(3)17/h4-9,12H,10H2,1-3H3. The summed E-state index contributed by atoms with van der Waals surface area (Å²) in [5, 5.41) is 0. The van der Waals surface area contributed by atoms with Gasteiger partial charge in [0.1, 0.15) is 0 Å². The highest BCUT2D eigenvalue weighted by molar-refractivity contribution is 7.86. The lowest BCUT2D eigenvalue weighted by atomic mass is 10.2. The van der Waals surface area contributed by atoms with Crippen molar-refractivity contribution in [3.8, 4) is 0 Å². The van der Waals surface area contributed by atoms with E-state index in [9.17, 15) is 13.2 Å². The second-order valence-electron chi connectivity index (χ2n) is 5.20. The van der Waals surface area contributed by atoms with E-state index in [1.807, 2.05) is 13.0 Å². The lowest BCUT2D eigenvalue weighted by Gasteiger charge is -2.12. The molecule has 0 saturated carbocycles. The molecule has 0 N–H and O–H groups in total.